The summed E-state index contributed by atoms with van der Waals surface area (Å²) < 4.78 is 10.5. The molecule has 4 rings (SSSR count). The van der Waals surface area contributed by atoms with Gasteiger partial charge in [0.2, 0.25) is 5.95 Å². The van der Waals surface area contributed by atoms with Gasteiger partial charge in [0.1, 0.15) is 11.5 Å². The maximum absolute atomic E-state index is 12.7. The monoisotopic (exact) mass is 378 g/mol. The third kappa shape index (κ3) is 3.32. The Hall–Kier alpha value is -3.32. The van der Waals surface area contributed by atoms with Crippen molar-refractivity contribution in [2.75, 3.05) is 20.0 Å². The molecule has 2 unspecified atom stereocenters. The molecular weight excluding hydrogens is 356 g/mol. The summed E-state index contributed by atoms with van der Waals surface area (Å²) in [6, 6.07) is 15.2. The van der Waals surface area contributed by atoms with E-state index in [1.165, 1.54) is 0 Å². The minimum atomic E-state index is -0.307. The maximum atomic E-state index is 12.7. The number of hydrogen-bond donors (Lipinski definition) is 3. The molecule has 1 aliphatic rings. The highest BCUT2D eigenvalue weighted by molar-refractivity contribution is 5.42. The van der Waals surface area contributed by atoms with Crippen molar-refractivity contribution in [1.29, 1.82) is 0 Å². The molecule has 144 valence electrons. The Morgan fingerprint density at radius 1 is 0.964 bits per heavy atom. The summed E-state index contributed by atoms with van der Waals surface area (Å²) in [7, 11) is 3.27. The van der Waals surface area contributed by atoms with Gasteiger partial charge in [-0.2, -0.15) is 0 Å². The molecular formula is C21H22N4O3. The molecule has 0 aliphatic carbocycles. The lowest BCUT2D eigenvalue weighted by Crippen LogP contribution is -2.39. The molecule has 2 heterocycles. The zero-order chi connectivity index (χ0) is 19.7. The fourth-order valence-electron chi connectivity index (χ4n) is 3.65. The number of anilines is 1. The summed E-state index contributed by atoms with van der Waals surface area (Å²) in [6.45, 7) is 0. The lowest BCUT2D eigenvalue weighted by Gasteiger charge is -2.32. The maximum Gasteiger partial charge on any atom is 0.257 e. The van der Waals surface area contributed by atoms with Crippen LogP contribution in [0.4, 0.5) is 5.95 Å². The molecule has 7 heteroatoms. The van der Waals surface area contributed by atoms with E-state index in [2.05, 4.69) is 15.3 Å². The molecule has 2 atom stereocenters. The molecule has 0 saturated heterocycles. The number of fused-ring (bicyclic) bond motifs is 1. The van der Waals surface area contributed by atoms with E-state index in [0.29, 0.717) is 17.7 Å². The van der Waals surface area contributed by atoms with Gasteiger partial charge in [-0.3, -0.25) is 15.1 Å². The highest BCUT2D eigenvalue weighted by atomic mass is 16.5. The van der Waals surface area contributed by atoms with E-state index in [0.717, 1.165) is 22.6 Å². The number of nitrogens with two attached hydrogens (primary N) is 1. The first kappa shape index (κ1) is 18.1. The average Bonchev–Trinajstić information content (AvgIpc) is 2.72. The third-order valence-electron chi connectivity index (χ3n) is 5.07. The predicted octanol–water partition coefficient (Wildman–Crippen LogP) is 2.35. The number of nitrogens with one attached hydrogen (secondary N) is 2. The van der Waals surface area contributed by atoms with Crippen LogP contribution < -0.4 is 26.1 Å². The average molecular weight is 378 g/mol. The minimum absolute atomic E-state index is 0.0146. The molecule has 2 aromatic carbocycles. The molecule has 1 aliphatic heterocycles. The van der Waals surface area contributed by atoms with Gasteiger partial charge in [0.05, 0.1) is 31.5 Å². The number of hydrogen-bond acceptors (Lipinski definition) is 6. The zero-order valence-corrected chi connectivity index (χ0v) is 15.7. The Kier molecular flexibility index (Phi) is 4.75. The molecule has 0 bridgehead atoms. The molecule has 0 radical (unpaired) electrons. The van der Waals surface area contributed by atoms with Crippen LogP contribution in [0, 0.1) is 0 Å². The third-order valence-corrected chi connectivity index (χ3v) is 5.07. The molecule has 4 N–H and O–H groups in total. The second-order valence-electron chi connectivity index (χ2n) is 6.71. The number of nitrogens with zero attached hydrogens (tertiary/aromatic N) is 1. The molecule has 0 fully saturated rings. The van der Waals surface area contributed by atoms with Gasteiger partial charge >= 0.3 is 0 Å². The van der Waals surface area contributed by atoms with Crippen LogP contribution in [0.1, 0.15) is 34.5 Å². The van der Waals surface area contributed by atoms with Crippen molar-refractivity contribution >= 4 is 5.95 Å². The molecule has 28 heavy (non-hydrogen) atoms. The summed E-state index contributed by atoms with van der Waals surface area (Å²) in [5, 5.41) is 3.60. The number of H-pyrrole nitrogens is 1. The number of benzene rings is 2. The number of ether oxygens (including phenoxy) is 2. The first-order valence-electron chi connectivity index (χ1n) is 9.01. The topological polar surface area (TPSA) is 102 Å². The van der Waals surface area contributed by atoms with Crippen molar-refractivity contribution in [2.45, 2.75) is 18.5 Å². The first-order chi connectivity index (χ1) is 13.6. The van der Waals surface area contributed by atoms with Crippen molar-refractivity contribution in [1.82, 2.24) is 15.3 Å². The number of aromatic amines is 1. The second kappa shape index (κ2) is 7.36. The smallest absolute Gasteiger partial charge is 0.257 e. The fraction of sp³-hybridized carbons (Fsp3) is 0.238. The van der Waals surface area contributed by atoms with E-state index >= 15 is 0 Å². The van der Waals surface area contributed by atoms with Gasteiger partial charge in [0, 0.05) is 12.5 Å². The van der Waals surface area contributed by atoms with E-state index in [-0.39, 0.29) is 23.6 Å². The molecule has 1 aromatic heterocycles. The van der Waals surface area contributed by atoms with Crippen LogP contribution in [0.5, 0.6) is 11.5 Å². The van der Waals surface area contributed by atoms with Crippen LogP contribution in [0.2, 0.25) is 0 Å². The number of aromatic nitrogens is 2. The van der Waals surface area contributed by atoms with Crippen LogP contribution in [0.3, 0.4) is 0 Å². The van der Waals surface area contributed by atoms with Gasteiger partial charge in [0.15, 0.2) is 0 Å². The molecule has 3 aromatic rings. The van der Waals surface area contributed by atoms with Crippen molar-refractivity contribution in [3.63, 3.8) is 0 Å². The second-order valence-corrected chi connectivity index (χ2v) is 6.71. The van der Waals surface area contributed by atoms with Crippen LogP contribution in [-0.4, -0.2) is 24.2 Å². The Balaban J connectivity index is 1.78. The van der Waals surface area contributed by atoms with Gasteiger partial charge in [0.25, 0.3) is 5.56 Å². The van der Waals surface area contributed by atoms with Gasteiger partial charge in [-0.05, 0) is 35.4 Å². The SMILES string of the molecule is COc1ccc(C2Cc3nc(N)[nH]c(=O)c3C(c3ccc(OC)cc3)N2)cc1. The lowest BCUT2D eigenvalue weighted by molar-refractivity contribution is 0.411. The molecule has 0 spiro atoms. The Morgan fingerprint density at radius 3 is 2.11 bits per heavy atom. The van der Waals surface area contributed by atoms with E-state index in [4.69, 9.17) is 15.2 Å². The molecule has 0 saturated carbocycles. The van der Waals surface area contributed by atoms with Crippen molar-refractivity contribution in [3.8, 4) is 11.5 Å². The summed E-state index contributed by atoms with van der Waals surface area (Å²) in [5.41, 5.74) is 8.94. The van der Waals surface area contributed by atoms with E-state index < -0.39 is 0 Å². The highest BCUT2D eigenvalue weighted by Gasteiger charge is 2.32. The molecule has 7 nitrogen and oxygen atoms in total. The van der Waals surface area contributed by atoms with Crippen LogP contribution in [0.15, 0.2) is 53.3 Å². The Labute approximate surface area is 162 Å². The number of methoxy groups -OCH3 is 2. The first-order valence-corrected chi connectivity index (χ1v) is 9.01. The minimum Gasteiger partial charge on any atom is -0.497 e. The zero-order valence-electron chi connectivity index (χ0n) is 15.7. The lowest BCUT2D eigenvalue weighted by atomic mass is 9.88. The van der Waals surface area contributed by atoms with Crippen molar-refractivity contribution in [3.05, 3.63) is 81.3 Å². The van der Waals surface area contributed by atoms with Gasteiger partial charge < -0.3 is 15.2 Å². The Morgan fingerprint density at radius 2 is 1.54 bits per heavy atom. The van der Waals surface area contributed by atoms with Gasteiger partial charge in [-0.25, -0.2) is 4.98 Å². The van der Waals surface area contributed by atoms with Crippen LogP contribution >= 0.6 is 0 Å². The van der Waals surface area contributed by atoms with Crippen molar-refractivity contribution < 1.29 is 9.47 Å². The highest BCUT2D eigenvalue weighted by Crippen LogP contribution is 2.34. The van der Waals surface area contributed by atoms with Crippen molar-refractivity contribution in [2.24, 2.45) is 0 Å². The Bertz CT molecular complexity index is 1030. The predicted molar refractivity (Wildman–Crippen MR) is 107 cm³/mol. The number of rotatable bonds is 4. The van der Waals surface area contributed by atoms with Gasteiger partial charge in [-0.15, -0.1) is 0 Å². The van der Waals surface area contributed by atoms with Crippen LogP contribution in [0.25, 0.3) is 0 Å². The largest absolute Gasteiger partial charge is 0.497 e. The molecule has 0 amide bonds. The van der Waals surface area contributed by atoms with E-state index in [9.17, 15) is 4.79 Å². The van der Waals surface area contributed by atoms with Gasteiger partial charge in [-0.1, -0.05) is 24.3 Å². The van der Waals surface area contributed by atoms with Crippen LogP contribution in [-0.2, 0) is 6.42 Å². The standard InChI is InChI=1S/C21H22N4O3/c1-27-14-7-3-12(4-8-14)16-11-17-18(20(26)25-21(22)24-17)19(23-16)13-5-9-15(28-2)10-6-13/h3-10,16,19,23H,11H2,1-2H3,(H3,22,24,25,26). The number of nitrogen functional groups attached to an aromatic ring is 1. The summed E-state index contributed by atoms with van der Waals surface area (Å²) in [5.74, 6) is 1.69. The van der Waals surface area contributed by atoms with E-state index in [1.54, 1.807) is 14.2 Å². The summed E-state index contributed by atoms with van der Waals surface area (Å²) in [4.78, 5) is 19.7. The summed E-state index contributed by atoms with van der Waals surface area (Å²) >= 11 is 0. The fourth-order valence-corrected chi connectivity index (χ4v) is 3.65. The van der Waals surface area contributed by atoms with E-state index in [1.807, 2.05) is 48.5 Å². The summed E-state index contributed by atoms with van der Waals surface area (Å²) in [6.07, 6.45) is 0.572. The normalized spacial score (nSPS) is 18.4. The quantitative estimate of drug-likeness (QED) is 0.644.